The molecule has 0 saturated carbocycles. The smallest absolute Gasteiger partial charge is 0.326 e. The number of unbranched alkanes of at least 4 members (excludes halogenated alkanes) is 2. The zero-order valence-electron chi connectivity index (χ0n) is 60.8. The summed E-state index contributed by atoms with van der Waals surface area (Å²) in [7, 11) is 0. The Hall–Kier alpha value is -9.59. The summed E-state index contributed by atoms with van der Waals surface area (Å²) in [5.41, 5.74) is 33.3. The summed E-state index contributed by atoms with van der Waals surface area (Å²) >= 11 is 3.95. The Kier molecular flexibility index (Phi) is 46.2. The van der Waals surface area contributed by atoms with Crippen molar-refractivity contribution in [2.75, 3.05) is 32.0 Å². The van der Waals surface area contributed by atoms with Gasteiger partial charge in [0.25, 0.3) is 0 Å². The maximum Gasteiger partial charge on any atom is 0.326 e. The summed E-state index contributed by atoms with van der Waals surface area (Å²) in [4.78, 5) is 227. The third-order valence-electron chi connectivity index (χ3n) is 16.6. The SMILES string of the molecule is CC[C@H](C)[C@H](NC(=O)[C@H](CC(N)=O)NC(=O)[C@H](CCCCN)NC(=O)[C@H](CCCCN)NC(=O)[C@@H](NC(=O)[C@@H](NC(=O)[C@H](CCCNC(=N)N)NC(=O)[C@H](CO)NC(=O)[C@@H](N)CS)[C@@H](C)O)C(C)C)C(=O)N[C@H](C(=O)N[C@@H](CCC(=O)O)C(=O)N[C@@H](CCC(=O)O)C(=O)N[C@@H](CC(N)=O)C(=O)O)[C@@H](C)CC. The molecule has 0 aliphatic carbocycles. The van der Waals surface area contributed by atoms with Crippen molar-refractivity contribution in [1.29, 1.82) is 5.41 Å². The van der Waals surface area contributed by atoms with E-state index in [1.54, 1.807) is 13.8 Å². The highest BCUT2D eigenvalue weighted by Gasteiger charge is 2.40. The van der Waals surface area contributed by atoms with Gasteiger partial charge in [0.2, 0.25) is 82.7 Å². The fourth-order valence-corrected chi connectivity index (χ4v) is 10.2. The highest BCUT2D eigenvalue weighted by Crippen LogP contribution is 2.16. The number of carbonyl (C=O) groups excluding carboxylic acids is 14. The highest BCUT2D eigenvalue weighted by atomic mass is 32.1. The van der Waals surface area contributed by atoms with Crippen molar-refractivity contribution < 1.29 is 107 Å². The van der Waals surface area contributed by atoms with Crippen molar-refractivity contribution in [3.8, 4) is 0 Å². The quantitative estimate of drug-likeness (QED) is 0.0116. The maximum absolute atomic E-state index is 14.5. The predicted octanol–water partition coefficient (Wildman–Crippen LogP) is -8.73. The van der Waals surface area contributed by atoms with Crippen LogP contribution in [-0.2, 0) is 81.5 Å². The number of carbonyl (C=O) groups is 17. The minimum atomic E-state index is -1.93. The van der Waals surface area contributed by atoms with E-state index in [2.05, 4.69) is 76.4 Å². The van der Waals surface area contributed by atoms with Gasteiger partial charge in [0.15, 0.2) is 5.96 Å². The number of rotatable bonds is 55. The first-order valence-electron chi connectivity index (χ1n) is 34.7. The topological polar surface area (TPSA) is 728 Å². The van der Waals surface area contributed by atoms with Gasteiger partial charge in [0.1, 0.15) is 72.5 Å². The maximum atomic E-state index is 14.5. The molecule has 0 bridgehead atoms. The number of nitrogens with two attached hydrogens (primary N) is 6. The number of hydrogen-bond donors (Lipinski definition) is 26. The number of carboxylic acid groups (broad SMARTS) is 3. The summed E-state index contributed by atoms with van der Waals surface area (Å²) in [5.74, 6) is -22.9. The standard InChI is InChI=1S/C63H112N20O22S/c1-8-30(5)47(59(101)76-38(19-21-45(90)91)53(95)74-37(18-20-44(88)89)54(96)78-40(62(104)105)26-43(68)87)82-60(102)48(31(6)9-2)81-56(98)39(25-42(67)86)77-52(94)34(15-10-12-22-64)72-51(93)35(16-11-13-23-65)75-58(100)46(29(3)4)80-61(103)49(32(7)85)83-55(97)36(17-14-24-71-63(69)70)73-57(99)41(27-84)79-50(92)33(66)28-106/h29-41,46-49,84-85,106H,8-28,64-66H2,1-7H3,(H2,67,86)(H2,68,87)(H,72,93)(H,73,99)(H,74,95)(H,75,100)(H,76,101)(H,77,94)(H,78,96)(H,79,92)(H,80,103)(H,81,98)(H,82,102)(H,83,97)(H,88,89)(H,90,91)(H,104,105)(H4,69,70,71)/t30-,31-,32+,33-,34-,35-,36-,37-,38-,39-,40-,41-,46-,47-,48-,49-/m0/s1. The van der Waals surface area contributed by atoms with Crippen molar-refractivity contribution >= 4 is 119 Å². The Bertz CT molecular complexity index is 3010. The van der Waals surface area contributed by atoms with E-state index in [4.69, 9.17) is 39.8 Å². The largest absolute Gasteiger partial charge is 0.481 e. The second kappa shape index (κ2) is 50.8. The molecule has 0 fully saturated rings. The third kappa shape index (κ3) is 36.9. The summed E-state index contributed by atoms with van der Waals surface area (Å²) in [6.45, 7) is 9.72. The van der Waals surface area contributed by atoms with Crippen molar-refractivity contribution in [2.45, 2.75) is 236 Å². The number of aliphatic hydroxyl groups is 2. The number of amides is 14. The van der Waals surface area contributed by atoms with Gasteiger partial charge in [0, 0.05) is 25.1 Å². The molecule has 14 amide bonds. The Labute approximate surface area is 618 Å². The number of aliphatic hydroxyl groups excluding tert-OH is 2. The van der Waals surface area contributed by atoms with E-state index < -0.39 is 254 Å². The zero-order chi connectivity index (χ0) is 81.2. The molecule has 106 heavy (non-hydrogen) atoms. The minimum Gasteiger partial charge on any atom is -0.481 e. The van der Waals surface area contributed by atoms with E-state index in [-0.39, 0.29) is 83.2 Å². The first-order valence-corrected chi connectivity index (χ1v) is 35.3. The predicted molar refractivity (Wildman–Crippen MR) is 381 cm³/mol. The zero-order valence-corrected chi connectivity index (χ0v) is 61.6. The number of carboxylic acids is 3. The number of thiol groups is 1. The van der Waals surface area contributed by atoms with Gasteiger partial charge in [-0.2, -0.15) is 12.6 Å². The summed E-state index contributed by atoms with van der Waals surface area (Å²) < 4.78 is 0. The number of guanidine groups is 1. The summed E-state index contributed by atoms with van der Waals surface area (Å²) in [6, 6.07) is -21.5. The first kappa shape index (κ1) is 96.4. The number of aliphatic carboxylic acids is 3. The van der Waals surface area contributed by atoms with Gasteiger partial charge >= 0.3 is 17.9 Å². The molecule has 0 rings (SSSR count). The molecule has 0 radical (unpaired) electrons. The van der Waals surface area contributed by atoms with Gasteiger partial charge in [0.05, 0.1) is 31.6 Å². The van der Waals surface area contributed by atoms with Crippen LogP contribution in [0.15, 0.2) is 0 Å². The van der Waals surface area contributed by atoms with Crippen molar-refractivity contribution in [1.82, 2.24) is 69.1 Å². The molecule has 0 saturated heterocycles. The van der Waals surface area contributed by atoms with Crippen LogP contribution in [-0.4, -0.2) is 249 Å². The molecule has 0 aliphatic rings. The lowest BCUT2D eigenvalue weighted by molar-refractivity contribution is -0.144. The number of nitrogens with one attached hydrogen (secondary N) is 14. The highest BCUT2D eigenvalue weighted by molar-refractivity contribution is 7.80. The molecule has 16 atom stereocenters. The lowest BCUT2D eigenvalue weighted by Gasteiger charge is -2.31. The van der Waals surface area contributed by atoms with E-state index in [1.807, 2.05) is 5.32 Å². The van der Waals surface area contributed by atoms with Gasteiger partial charge in [-0.25, -0.2) is 4.79 Å². The van der Waals surface area contributed by atoms with Gasteiger partial charge in [-0.3, -0.25) is 82.1 Å². The van der Waals surface area contributed by atoms with E-state index in [1.165, 1.54) is 27.7 Å². The van der Waals surface area contributed by atoms with Crippen LogP contribution in [0.1, 0.15) is 151 Å². The molecular weight excluding hydrogens is 1420 g/mol. The average molecular weight is 1530 g/mol. The van der Waals surface area contributed by atoms with Crippen molar-refractivity contribution in [2.24, 2.45) is 52.2 Å². The van der Waals surface area contributed by atoms with Crippen LogP contribution in [0, 0.1) is 23.2 Å². The summed E-state index contributed by atoms with van der Waals surface area (Å²) in [6.07, 6.45) is -5.61. The molecule has 31 N–H and O–H groups in total. The van der Waals surface area contributed by atoms with Crippen LogP contribution >= 0.6 is 12.6 Å². The minimum absolute atomic E-state index is 0.0166. The first-order chi connectivity index (χ1) is 49.6. The average Bonchev–Trinajstić information content (AvgIpc) is 0.851. The van der Waals surface area contributed by atoms with Crippen LogP contribution in [0.4, 0.5) is 0 Å². The third-order valence-corrected chi connectivity index (χ3v) is 17.0. The Morgan fingerprint density at radius 2 is 0.717 bits per heavy atom. The van der Waals surface area contributed by atoms with E-state index in [9.17, 15) is 107 Å². The molecular formula is C63H112N20O22S. The molecule has 42 nitrogen and oxygen atoms in total. The molecule has 0 heterocycles. The van der Waals surface area contributed by atoms with E-state index in [0.717, 1.165) is 6.92 Å². The van der Waals surface area contributed by atoms with Crippen LogP contribution in [0.5, 0.6) is 0 Å². The fourth-order valence-electron chi connectivity index (χ4n) is 9.98. The lowest BCUT2D eigenvalue weighted by atomic mass is 9.94. The molecule has 0 aromatic heterocycles. The molecule has 0 aromatic rings. The van der Waals surface area contributed by atoms with Gasteiger partial charge < -0.3 is 129 Å². The molecule has 0 aromatic carbocycles. The Morgan fingerprint density at radius 3 is 1.08 bits per heavy atom. The van der Waals surface area contributed by atoms with Gasteiger partial charge in [-0.1, -0.05) is 54.4 Å². The van der Waals surface area contributed by atoms with Crippen LogP contribution in [0.25, 0.3) is 0 Å². The van der Waals surface area contributed by atoms with E-state index in [0.29, 0.717) is 6.42 Å². The normalized spacial score (nSPS) is 15.6. The molecule has 0 spiro atoms. The molecule has 602 valence electrons. The molecule has 0 unspecified atom stereocenters. The van der Waals surface area contributed by atoms with Gasteiger partial charge in [-0.15, -0.1) is 0 Å². The second-order valence-electron chi connectivity index (χ2n) is 25.8. The monoisotopic (exact) mass is 1530 g/mol. The van der Waals surface area contributed by atoms with Crippen LogP contribution in [0.2, 0.25) is 0 Å². The Morgan fingerprint density at radius 1 is 0.406 bits per heavy atom. The summed E-state index contributed by atoms with van der Waals surface area (Å²) in [5, 5.41) is 87.9. The second-order valence-corrected chi connectivity index (χ2v) is 26.1. The molecule has 43 heteroatoms. The van der Waals surface area contributed by atoms with E-state index >= 15 is 0 Å². The number of hydrogen-bond acceptors (Lipinski definition) is 24. The molecule has 0 aliphatic heterocycles. The lowest BCUT2D eigenvalue weighted by Crippen LogP contribution is -2.63. The van der Waals surface area contributed by atoms with Crippen molar-refractivity contribution in [3.05, 3.63) is 0 Å². The number of primary amides is 2. The van der Waals surface area contributed by atoms with Crippen LogP contribution in [0.3, 0.4) is 0 Å². The fraction of sp³-hybridized carbons (Fsp3) is 0.714. The van der Waals surface area contributed by atoms with Crippen molar-refractivity contribution in [3.63, 3.8) is 0 Å². The van der Waals surface area contributed by atoms with Crippen LogP contribution < -0.4 is 104 Å². The van der Waals surface area contributed by atoms with Gasteiger partial charge in [-0.05, 0) is 102 Å². The Balaban J connectivity index is 7.20.